The minimum absolute atomic E-state index is 0.0960. The zero-order valence-electron chi connectivity index (χ0n) is 13.1. The normalized spacial score (nSPS) is 14.9. The van der Waals surface area contributed by atoms with Gasteiger partial charge in [0, 0.05) is 17.5 Å². The van der Waals surface area contributed by atoms with Gasteiger partial charge < -0.3 is 5.11 Å². The first-order chi connectivity index (χ1) is 11.9. The molecule has 2 heterocycles. The summed E-state index contributed by atoms with van der Waals surface area (Å²) in [6, 6.07) is 2.80. The van der Waals surface area contributed by atoms with Crippen LogP contribution in [-0.2, 0) is 12.1 Å². The highest BCUT2D eigenvalue weighted by atomic mass is 19.1. The average Bonchev–Trinajstić information content (AvgIpc) is 3.07. The van der Waals surface area contributed by atoms with E-state index < -0.39 is 29.0 Å². The molecule has 0 radical (unpaired) electrons. The summed E-state index contributed by atoms with van der Waals surface area (Å²) in [5, 5.41) is 15.2. The maximum absolute atomic E-state index is 14.4. The molecule has 1 aromatic carbocycles. The van der Waals surface area contributed by atoms with Crippen LogP contribution in [0.4, 0.5) is 13.2 Å². The molecule has 1 unspecified atom stereocenters. The third-order valence-corrected chi connectivity index (χ3v) is 4.09. The molecule has 2 atom stereocenters. The third-order valence-electron chi connectivity index (χ3n) is 4.09. The zero-order chi connectivity index (χ0) is 18.0. The number of halogens is 3. The lowest BCUT2D eigenvalue weighted by Crippen LogP contribution is -2.39. The monoisotopic (exact) mass is 349 g/mol. The molecule has 0 aliphatic carbocycles. The number of aliphatic hydroxyl groups is 1. The Kier molecular flexibility index (Phi) is 4.49. The molecule has 0 aliphatic rings. The van der Waals surface area contributed by atoms with Crippen LogP contribution in [-0.4, -0.2) is 29.8 Å². The van der Waals surface area contributed by atoms with Crippen LogP contribution in [0.15, 0.2) is 43.4 Å². The van der Waals surface area contributed by atoms with Gasteiger partial charge in [0.25, 0.3) is 0 Å². The van der Waals surface area contributed by atoms with Crippen molar-refractivity contribution in [3.05, 3.63) is 72.1 Å². The highest BCUT2D eigenvalue weighted by molar-refractivity contribution is 5.30. The van der Waals surface area contributed by atoms with Crippen molar-refractivity contribution in [3.8, 4) is 0 Å². The van der Waals surface area contributed by atoms with Crippen LogP contribution in [0.1, 0.15) is 24.1 Å². The first-order valence-corrected chi connectivity index (χ1v) is 7.37. The van der Waals surface area contributed by atoms with Crippen LogP contribution in [0.3, 0.4) is 0 Å². The maximum atomic E-state index is 14.4. The fraction of sp³-hybridized carbons (Fsp3) is 0.250. The van der Waals surface area contributed by atoms with Gasteiger partial charge in [-0.2, -0.15) is 5.10 Å². The molecule has 0 fully saturated rings. The highest BCUT2D eigenvalue weighted by Gasteiger charge is 2.41. The van der Waals surface area contributed by atoms with Gasteiger partial charge in [-0.3, -0.25) is 0 Å². The van der Waals surface area contributed by atoms with Gasteiger partial charge in [0.15, 0.2) is 5.82 Å². The molecule has 3 rings (SSSR count). The van der Waals surface area contributed by atoms with E-state index in [9.17, 15) is 18.3 Å². The Bertz CT molecular complexity index is 874. The fourth-order valence-electron chi connectivity index (χ4n) is 2.72. The zero-order valence-corrected chi connectivity index (χ0v) is 13.1. The van der Waals surface area contributed by atoms with Gasteiger partial charge in [-0.1, -0.05) is 13.0 Å². The molecule has 0 aliphatic heterocycles. The minimum Gasteiger partial charge on any atom is -0.382 e. The molecule has 6 nitrogen and oxygen atoms in total. The average molecular weight is 349 g/mol. The highest BCUT2D eigenvalue weighted by Crippen LogP contribution is 2.39. The quantitative estimate of drug-likeness (QED) is 0.764. The number of aromatic nitrogens is 5. The molecule has 25 heavy (non-hydrogen) atoms. The molecule has 130 valence electrons. The Balaban J connectivity index is 2.13. The van der Waals surface area contributed by atoms with Gasteiger partial charge in [-0.15, -0.1) is 0 Å². The molecular weight excluding hydrogens is 335 g/mol. The maximum Gasteiger partial charge on any atom is 0.163 e. The predicted molar refractivity (Wildman–Crippen MR) is 80.7 cm³/mol. The van der Waals surface area contributed by atoms with Gasteiger partial charge in [0.2, 0.25) is 0 Å². The molecular formula is C16H14F3N5O. The van der Waals surface area contributed by atoms with Crippen molar-refractivity contribution >= 4 is 0 Å². The summed E-state index contributed by atoms with van der Waals surface area (Å²) in [7, 11) is 0. The molecule has 9 heteroatoms. The number of hydrogen-bond acceptors (Lipinski definition) is 5. The smallest absolute Gasteiger partial charge is 0.163 e. The fourth-order valence-corrected chi connectivity index (χ4v) is 2.72. The number of benzene rings is 1. The van der Waals surface area contributed by atoms with Gasteiger partial charge in [-0.25, -0.2) is 32.8 Å². The second kappa shape index (κ2) is 6.60. The van der Waals surface area contributed by atoms with E-state index in [0.717, 1.165) is 24.7 Å². The number of hydrogen-bond donors (Lipinski definition) is 1. The van der Waals surface area contributed by atoms with Gasteiger partial charge in [-0.05, 0) is 6.07 Å². The van der Waals surface area contributed by atoms with E-state index in [1.807, 2.05) is 0 Å². The first kappa shape index (κ1) is 17.0. The lowest BCUT2D eigenvalue weighted by atomic mass is 9.79. The Labute approximate surface area is 141 Å². The van der Waals surface area contributed by atoms with Crippen molar-refractivity contribution in [1.82, 2.24) is 24.7 Å². The van der Waals surface area contributed by atoms with Gasteiger partial charge in [0.1, 0.15) is 36.2 Å². The van der Waals surface area contributed by atoms with Crippen LogP contribution >= 0.6 is 0 Å². The van der Waals surface area contributed by atoms with E-state index >= 15 is 0 Å². The Morgan fingerprint density at radius 3 is 2.60 bits per heavy atom. The summed E-state index contributed by atoms with van der Waals surface area (Å²) >= 11 is 0. The van der Waals surface area contributed by atoms with Crippen molar-refractivity contribution in [2.45, 2.75) is 25.0 Å². The summed E-state index contributed by atoms with van der Waals surface area (Å²) in [4.78, 5) is 11.2. The van der Waals surface area contributed by atoms with Crippen molar-refractivity contribution < 1.29 is 18.3 Å². The van der Waals surface area contributed by atoms with Crippen molar-refractivity contribution in [2.75, 3.05) is 0 Å². The molecule has 3 aromatic rings. The summed E-state index contributed by atoms with van der Waals surface area (Å²) in [5.41, 5.74) is -2.25. The molecule has 0 bridgehead atoms. The molecule has 0 spiro atoms. The van der Waals surface area contributed by atoms with E-state index in [2.05, 4.69) is 20.1 Å². The lowest BCUT2D eigenvalue weighted by Gasteiger charge is -2.34. The van der Waals surface area contributed by atoms with E-state index in [1.54, 1.807) is 0 Å². The van der Waals surface area contributed by atoms with E-state index in [1.165, 1.54) is 24.3 Å². The van der Waals surface area contributed by atoms with Crippen LogP contribution in [0.2, 0.25) is 0 Å². The third kappa shape index (κ3) is 3.22. The molecule has 0 amide bonds. The Morgan fingerprint density at radius 2 is 1.96 bits per heavy atom. The van der Waals surface area contributed by atoms with Crippen molar-refractivity contribution in [2.24, 2.45) is 0 Å². The second-order valence-corrected chi connectivity index (χ2v) is 5.62. The predicted octanol–water partition coefficient (Wildman–Crippen LogP) is 2.18. The summed E-state index contributed by atoms with van der Waals surface area (Å²) in [6.45, 7) is 1.26. The van der Waals surface area contributed by atoms with Crippen LogP contribution in [0.5, 0.6) is 0 Å². The second-order valence-electron chi connectivity index (χ2n) is 5.62. The largest absolute Gasteiger partial charge is 0.382 e. The van der Waals surface area contributed by atoms with E-state index in [-0.39, 0.29) is 17.8 Å². The molecule has 0 saturated carbocycles. The van der Waals surface area contributed by atoms with Gasteiger partial charge >= 0.3 is 0 Å². The summed E-state index contributed by atoms with van der Waals surface area (Å²) in [6.07, 6.45) is 4.66. The topological polar surface area (TPSA) is 76.7 Å². The minimum atomic E-state index is -1.96. The van der Waals surface area contributed by atoms with Crippen molar-refractivity contribution in [3.63, 3.8) is 0 Å². The standard InChI is InChI=1S/C16H14F3N5O/c1-10(15-14(19)5-20-7-22-15)16(25,6-24-9-21-8-23-24)12-3-2-11(17)4-13(12)18/h2-5,7-10,25H,6H2,1H3/t10?,16-/m1/s1. The number of rotatable bonds is 5. The van der Waals surface area contributed by atoms with E-state index in [4.69, 9.17) is 0 Å². The lowest BCUT2D eigenvalue weighted by molar-refractivity contribution is -0.0133. The summed E-state index contributed by atoms with van der Waals surface area (Å²) in [5.74, 6) is -3.47. The van der Waals surface area contributed by atoms with Crippen LogP contribution in [0, 0.1) is 17.5 Å². The Hall–Kier alpha value is -2.81. The Morgan fingerprint density at radius 1 is 1.16 bits per heavy atom. The number of nitrogens with zero attached hydrogens (tertiary/aromatic N) is 5. The SMILES string of the molecule is CC(c1ncncc1F)[C@](O)(Cn1cncn1)c1ccc(F)cc1F. The van der Waals surface area contributed by atoms with E-state index in [0.29, 0.717) is 6.07 Å². The van der Waals surface area contributed by atoms with Gasteiger partial charge in [0.05, 0.1) is 18.4 Å². The molecule has 2 aromatic heterocycles. The molecule has 0 saturated heterocycles. The van der Waals surface area contributed by atoms with Crippen molar-refractivity contribution in [1.29, 1.82) is 0 Å². The molecule has 1 N–H and O–H groups in total. The van der Waals surface area contributed by atoms with Crippen LogP contribution in [0.25, 0.3) is 0 Å². The first-order valence-electron chi connectivity index (χ1n) is 7.37. The van der Waals surface area contributed by atoms with Crippen LogP contribution < -0.4 is 0 Å². The summed E-state index contributed by atoms with van der Waals surface area (Å²) < 4.78 is 43.0.